The average molecular weight is 743 g/mol. The highest BCUT2D eigenvalue weighted by molar-refractivity contribution is 5.97. The monoisotopic (exact) mass is 742 g/mol. The summed E-state index contributed by atoms with van der Waals surface area (Å²) in [6.45, 7) is 14.2. The summed E-state index contributed by atoms with van der Waals surface area (Å²) in [5.74, 6) is -0.00599. The van der Waals surface area contributed by atoms with Crippen molar-refractivity contribution < 1.29 is 19.0 Å². The number of rotatable bonds is 15. The van der Waals surface area contributed by atoms with Crippen LogP contribution in [-0.4, -0.2) is 66.8 Å². The van der Waals surface area contributed by atoms with Gasteiger partial charge in [0.1, 0.15) is 0 Å². The number of nitrogens with one attached hydrogen (secondary N) is 3. The van der Waals surface area contributed by atoms with Crippen LogP contribution in [0, 0.1) is 19.8 Å². The van der Waals surface area contributed by atoms with Crippen molar-refractivity contribution in [2.45, 2.75) is 72.7 Å². The smallest absolute Gasteiger partial charge is 0.253 e. The molecule has 12 nitrogen and oxygen atoms in total. The number of pyridine rings is 2. The molecule has 2 heterocycles. The van der Waals surface area contributed by atoms with Gasteiger partial charge < -0.3 is 45.0 Å². The van der Waals surface area contributed by atoms with Gasteiger partial charge in [0.25, 0.3) is 11.1 Å². The van der Waals surface area contributed by atoms with Crippen molar-refractivity contribution in [3.05, 3.63) is 92.8 Å². The predicted molar refractivity (Wildman–Crippen MR) is 219 cm³/mol. The molecule has 1 aliphatic rings. The van der Waals surface area contributed by atoms with Gasteiger partial charge in [0.05, 0.1) is 54.3 Å². The third-order valence-corrected chi connectivity index (χ3v) is 9.26. The van der Waals surface area contributed by atoms with Crippen LogP contribution in [0.3, 0.4) is 0 Å². The molecule has 12 heteroatoms. The molecule has 1 amide bonds. The second-order valence-corrected chi connectivity index (χ2v) is 14.4. The molecule has 1 aliphatic carbocycles. The van der Waals surface area contributed by atoms with E-state index in [0.29, 0.717) is 37.6 Å². The first-order valence-corrected chi connectivity index (χ1v) is 18.6. The lowest BCUT2D eigenvalue weighted by Gasteiger charge is -2.33. The fraction of sp³-hybridized carbons (Fsp3) is 0.452. The van der Waals surface area contributed by atoms with Gasteiger partial charge in [0.15, 0.2) is 0 Å². The number of anilines is 4. The zero-order chi connectivity index (χ0) is 39.5. The Morgan fingerprint density at radius 1 is 0.741 bits per heavy atom. The van der Waals surface area contributed by atoms with E-state index in [2.05, 4.69) is 16.0 Å². The number of nitrogens with two attached hydrogens (primary N) is 1. The Balaban J connectivity index is 0.000000252. The molecule has 0 aliphatic heterocycles. The minimum Gasteiger partial charge on any atom is -0.397 e. The largest absolute Gasteiger partial charge is 0.397 e. The van der Waals surface area contributed by atoms with Crippen molar-refractivity contribution in [3.8, 4) is 22.3 Å². The van der Waals surface area contributed by atoms with Gasteiger partial charge in [-0.25, -0.2) is 0 Å². The second-order valence-electron chi connectivity index (χ2n) is 14.4. The molecule has 0 atom stereocenters. The lowest BCUT2D eigenvalue weighted by Crippen LogP contribution is -2.38. The van der Waals surface area contributed by atoms with Gasteiger partial charge in [-0.15, -0.1) is 0 Å². The molecule has 4 aromatic rings. The van der Waals surface area contributed by atoms with E-state index in [1.54, 1.807) is 30.3 Å². The maximum absolute atomic E-state index is 12.7. The Morgan fingerprint density at radius 3 is 1.70 bits per heavy atom. The fourth-order valence-electron chi connectivity index (χ4n) is 6.11. The van der Waals surface area contributed by atoms with Crippen molar-refractivity contribution in [1.29, 1.82) is 0 Å². The summed E-state index contributed by atoms with van der Waals surface area (Å²) in [5, 5.41) is 9.75. The number of aryl methyl sites for hydroxylation is 4. The molecule has 0 radical (unpaired) electrons. The van der Waals surface area contributed by atoms with E-state index >= 15 is 0 Å². The summed E-state index contributed by atoms with van der Waals surface area (Å²) in [4.78, 5) is 36.5. The van der Waals surface area contributed by atoms with Gasteiger partial charge in [0, 0.05) is 63.7 Å². The molecule has 1 fully saturated rings. The Bertz CT molecular complexity index is 1940. The topological polar surface area (TPSA) is 151 Å². The zero-order valence-corrected chi connectivity index (χ0v) is 33.2. The summed E-state index contributed by atoms with van der Waals surface area (Å²) < 4.78 is 19.6. The number of amides is 1. The molecular formula is C42H58N6O6. The maximum atomic E-state index is 12.7. The summed E-state index contributed by atoms with van der Waals surface area (Å²) >= 11 is 0. The lowest BCUT2D eigenvalue weighted by molar-refractivity contribution is -0.127. The SMILES string of the molecule is COC1CC(C(=O)Nc2ccc(-c3cc(C)c(=O)n(C)c3)cc2NCCOC(C)C)C1.Cc1cc(-c2ccc(N)c(NCCOC(C)C)c2)cn(C)c1=O. The number of carbonyl (C=O) groups is 1. The zero-order valence-electron chi connectivity index (χ0n) is 33.2. The quantitative estimate of drug-likeness (QED) is 0.0808. The molecule has 2 aromatic carbocycles. The van der Waals surface area contributed by atoms with Gasteiger partial charge in [0.2, 0.25) is 5.91 Å². The Labute approximate surface area is 319 Å². The first kappa shape index (κ1) is 41.8. The third-order valence-electron chi connectivity index (χ3n) is 9.26. The van der Waals surface area contributed by atoms with Gasteiger partial charge in [-0.05, 0) is 113 Å². The second kappa shape index (κ2) is 19.4. The van der Waals surface area contributed by atoms with Gasteiger partial charge in [-0.3, -0.25) is 14.4 Å². The lowest BCUT2D eigenvalue weighted by atomic mass is 9.81. The number of ether oxygens (including phenoxy) is 3. The number of hydrogen-bond acceptors (Lipinski definition) is 9. The molecule has 0 spiro atoms. The Morgan fingerprint density at radius 2 is 1.22 bits per heavy atom. The molecule has 5 N–H and O–H groups in total. The van der Waals surface area contributed by atoms with Crippen LogP contribution in [-0.2, 0) is 33.1 Å². The predicted octanol–water partition coefficient (Wildman–Crippen LogP) is 6.34. The normalized spacial score (nSPS) is 15.0. The molecule has 1 saturated carbocycles. The van der Waals surface area contributed by atoms with Crippen LogP contribution >= 0.6 is 0 Å². The Hall–Kier alpha value is -4.91. The van der Waals surface area contributed by atoms with Crippen LogP contribution in [0.2, 0.25) is 0 Å². The van der Waals surface area contributed by atoms with Crippen LogP contribution in [0.15, 0.2) is 70.5 Å². The minimum absolute atomic E-state index is 0.00771. The van der Waals surface area contributed by atoms with E-state index in [-0.39, 0.29) is 41.3 Å². The van der Waals surface area contributed by atoms with E-state index in [4.69, 9.17) is 19.9 Å². The van der Waals surface area contributed by atoms with E-state index in [1.165, 1.54) is 0 Å². The number of nitrogen functional groups attached to an aromatic ring is 1. The fourth-order valence-corrected chi connectivity index (χ4v) is 6.11. The Kier molecular flexibility index (Phi) is 15.1. The first-order chi connectivity index (χ1) is 25.7. The van der Waals surface area contributed by atoms with Crippen molar-refractivity contribution in [1.82, 2.24) is 9.13 Å². The molecular weight excluding hydrogens is 684 g/mol. The summed E-state index contributed by atoms with van der Waals surface area (Å²) in [6, 6.07) is 15.5. The number of carbonyl (C=O) groups excluding carboxylic acids is 1. The molecule has 292 valence electrons. The van der Waals surface area contributed by atoms with Gasteiger partial charge in [-0.2, -0.15) is 0 Å². The summed E-state index contributed by atoms with van der Waals surface area (Å²) in [7, 11) is 5.19. The van der Waals surface area contributed by atoms with Crippen LogP contribution in [0.5, 0.6) is 0 Å². The molecule has 0 saturated heterocycles. The van der Waals surface area contributed by atoms with Crippen molar-refractivity contribution in [2.75, 3.05) is 55.1 Å². The number of nitrogens with zero attached hydrogens (tertiary/aromatic N) is 2. The first-order valence-electron chi connectivity index (χ1n) is 18.6. The van der Waals surface area contributed by atoms with Crippen molar-refractivity contribution >= 4 is 28.7 Å². The van der Waals surface area contributed by atoms with E-state index in [0.717, 1.165) is 57.7 Å². The highest BCUT2D eigenvalue weighted by atomic mass is 16.5. The molecule has 0 unspecified atom stereocenters. The van der Waals surface area contributed by atoms with Crippen LogP contribution < -0.4 is 32.8 Å². The molecule has 5 rings (SSSR count). The number of methoxy groups -OCH3 is 1. The van der Waals surface area contributed by atoms with Gasteiger partial charge in [-0.1, -0.05) is 12.1 Å². The van der Waals surface area contributed by atoms with Gasteiger partial charge >= 0.3 is 0 Å². The van der Waals surface area contributed by atoms with E-state index < -0.39 is 0 Å². The summed E-state index contributed by atoms with van der Waals surface area (Å²) in [6.07, 6.45) is 5.73. The number of hydrogen-bond donors (Lipinski definition) is 4. The minimum atomic E-state index is -0.0203. The van der Waals surface area contributed by atoms with E-state index in [1.807, 2.05) is 102 Å². The van der Waals surface area contributed by atoms with Crippen LogP contribution in [0.4, 0.5) is 22.7 Å². The molecule has 0 bridgehead atoms. The third kappa shape index (κ3) is 11.5. The standard InChI is InChI=1S/C24H33N3O4.C18H25N3O2/c1-15(2)31-9-8-25-22-13-17(19-10-16(3)24(29)27(4)14-19)6-7-21(22)26-23(28)18-11-20(12-18)30-5;1-12(2)23-8-7-20-17-10-14(5-6-16(17)19)15-9-13(3)18(22)21(4)11-15/h6-7,10,13-15,18,20,25H,8-9,11-12H2,1-5H3,(H,26,28);5-6,9-12,20H,7-8,19H2,1-4H3. The number of aromatic nitrogens is 2. The highest BCUT2D eigenvalue weighted by Gasteiger charge is 2.34. The number of benzene rings is 2. The van der Waals surface area contributed by atoms with Crippen molar-refractivity contribution in [3.63, 3.8) is 0 Å². The molecule has 54 heavy (non-hydrogen) atoms. The maximum Gasteiger partial charge on any atom is 0.253 e. The highest BCUT2D eigenvalue weighted by Crippen LogP contribution is 2.34. The average Bonchev–Trinajstić information content (AvgIpc) is 3.10. The summed E-state index contributed by atoms with van der Waals surface area (Å²) in [5.41, 5.74) is 14.5. The van der Waals surface area contributed by atoms with Crippen LogP contribution in [0.25, 0.3) is 22.3 Å². The van der Waals surface area contributed by atoms with E-state index in [9.17, 15) is 14.4 Å². The van der Waals surface area contributed by atoms with Crippen LogP contribution in [0.1, 0.15) is 51.7 Å². The van der Waals surface area contributed by atoms with Crippen molar-refractivity contribution in [2.24, 2.45) is 20.0 Å². The molecule has 2 aromatic heterocycles.